The van der Waals surface area contributed by atoms with Crippen LogP contribution in [0.2, 0.25) is 0 Å². The Morgan fingerprint density at radius 3 is 2.50 bits per heavy atom. The van der Waals surface area contributed by atoms with E-state index in [1.54, 1.807) is 40.9 Å². The molecule has 1 amide bonds. The fraction of sp³-hybridized carbons (Fsp3) is 0.583. The number of carbonyl (C=O) groups is 2. The smallest absolute Gasteiger partial charge is 0.408 e. The highest BCUT2D eigenvalue weighted by molar-refractivity contribution is 6.00. The molecule has 1 rings (SSSR count). The maximum absolute atomic E-state index is 11.9. The van der Waals surface area contributed by atoms with Gasteiger partial charge in [0, 0.05) is 13.2 Å². The van der Waals surface area contributed by atoms with Crippen molar-refractivity contribution in [3.05, 3.63) is 18.0 Å². The van der Waals surface area contributed by atoms with Crippen LogP contribution in [0.15, 0.2) is 12.4 Å². The summed E-state index contributed by atoms with van der Waals surface area (Å²) in [5.41, 5.74) is -0.123. The number of amides is 1. The van der Waals surface area contributed by atoms with Crippen LogP contribution in [-0.2, 0) is 11.8 Å². The molecule has 1 aromatic rings. The molecule has 0 unspecified atom stereocenters. The molecule has 6 nitrogen and oxygen atoms in total. The third-order valence-corrected chi connectivity index (χ3v) is 2.12. The lowest BCUT2D eigenvalue weighted by molar-refractivity contribution is 0.0497. The van der Waals surface area contributed by atoms with Crippen molar-refractivity contribution in [3.63, 3.8) is 0 Å². The molecule has 0 aromatic carbocycles. The van der Waals surface area contributed by atoms with Crippen LogP contribution in [0.25, 0.3) is 0 Å². The Labute approximate surface area is 106 Å². The van der Waals surface area contributed by atoms with E-state index in [2.05, 4.69) is 10.4 Å². The monoisotopic (exact) mass is 253 g/mol. The first kappa shape index (κ1) is 14.2. The van der Waals surface area contributed by atoms with Crippen LogP contribution in [0.1, 0.15) is 38.1 Å². The van der Waals surface area contributed by atoms with Crippen molar-refractivity contribution < 1.29 is 14.3 Å². The van der Waals surface area contributed by atoms with Crippen LogP contribution < -0.4 is 5.32 Å². The number of ether oxygens (including phenoxy) is 1. The van der Waals surface area contributed by atoms with E-state index in [4.69, 9.17) is 4.74 Å². The Balaban J connectivity index is 2.58. The summed E-state index contributed by atoms with van der Waals surface area (Å²) in [6, 6.07) is -0.649. The van der Waals surface area contributed by atoms with Gasteiger partial charge in [0.1, 0.15) is 5.60 Å². The molecular weight excluding hydrogens is 234 g/mol. The van der Waals surface area contributed by atoms with Gasteiger partial charge in [0.2, 0.25) is 0 Å². The highest BCUT2D eigenvalue weighted by atomic mass is 16.6. The van der Waals surface area contributed by atoms with Crippen molar-refractivity contribution in [3.8, 4) is 0 Å². The molecule has 0 aliphatic carbocycles. The van der Waals surface area contributed by atoms with Gasteiger partial charge in [0.05, 0.1) is 17.8 Å². The summed E-state index contributed by atoms with van der Waals surface area (Å²) in [6.07, 6.45) is 2.47. The number of carbonyl (C=O) groups excluding carboxylic acids is 2. The zero-order valence-electron chi connectivity index (χ0n) is 11.4. The fourth-order valence-corrected chi connectivity index (χ4v) is 1.35. The van der Waals surface area contributed by atoms with Crippen LogP contribution in [0.5, 0.6) is 0 Å². The van der Waals surface area contributed by atoms with E-state index in [0.29, 0.717) is 5.56 Å². The van der Waals surface area contributed by atoms with Gasteiger partial charge in [-0.3, -0.25) is 9.48 Å². The molecule has 6 heteroatoms. The second kappa shape index (κ2) is 5.20. The predicted octanol–water partition coefficient (Wildman–Crippen LogP) is 1.52. The summed E-state index contributed by atoms with van der Waals surface area (Å²) >= 11 is 0. The van der Waals surface area contributed by atoms with Gasteiger partial charge in [-0.2, -0.15) is 5.10 Å². The molecule has 0 aliphatic rings. The molecule has 18 heavy (non-hydrogen) atoms. The number of Topliss-reactive ketones (excluding diaryl/α,β-unsaturated/α-hetero) is 1. The molecule has 0 radical (unpaired) electrons. The minimum absolute atomic E-state index is 0.200. The summed E-state index contributed by atoms with van der Waals surface area (Å²) < 4.78 is 6.61. The van der Waals surface area contributed by atoms with Gasteiger partial charge in [-0.15, -0.1) is 0 Å². The van der Waals surface area contributed by atoms with Gasteiger partial charge in [-0.25, -0.2) is 4.79 Å². The van der Waals surface area contributed by atoms with E-state index in [9.17, 15) is 9.59 Å². The highest BCUT2D eigenvalue weighted by Crippen LogP contribution is 2.08. The lowest BCUT2D eigenvalue weighted by atomic mass is 10.1. The van der Waals surface area contributed by atoms with Crippen LogP contribution in [0.3, 0.4) is 0 Å². The second-order valence-electron chi connectivity index (χ2n) is 5.13. The Kier molecular flexibility index (Phi) is 4.11. The predicted molar refractivity (Wildman–Crippen MR) is 66.4 cm³/mol. The zero-order chi connectivity index (χ0) is 13.9. The zero-order valence-corrected chi connectivity index (χ0v) is 11.4. The van der Waals surface area contributed by atoms with Gasteiger partial charge in [-0.1, -0.05) is 0 Å². The molecule has 1 atom stereocenters. The molecule has 0 fully saturated rings. The molecule has 0 saturated heterocycles. The third-order valence-electron chi connectivity index (χ3n) is 2.12. The molecule has 1 N–H and O–H groups in total. The van der Waals surface area contributed by atoms with Gasteiger partial charge in [-0.05, 0) is 27.7 Å². The lowest BCUT2D eigenvalue weighted by Crippen LogP contribution is -2.41. The Morgan fingerprint density at radius 1 is 1.44 bits per heavy atom. The van der Waals surface area contributed by atoms with Crippen molar-refractivity contribution in [2.24, 2.45) is 7.05 Å². The van der Waals surface area contributed by atoms with E-state index < -0.39 is 17.7 Å². The molecular formula is C12H19N3O3. The maximum atomic E-state index is 11.9. The normalized spacial score (nSPS) is 12.9. The molecule has 0 aliphatic heterocycles. The van der Waals surface area contributed by atoms with Gasteiger partial charge >= 0.3 is 6.09 Å². The number of aryl methyl sites for hydroxylation is 1. The van der Waals surface area contributed by atoms with Crippen molar-refractivity contribution in [1.82, 2.24) is 15.1 Å². The number of alkyl carbamates (subject to hydrolysis) is 1. The lowest BCUT2D eigenvalue weighted by Gasteiger charge is -2.21. The number of hydrogen-bond acceptors (Lipinski definition) is 4. The number of aromatic nitrogens is 2. The van der Waals surface area contributed by atoms with Crippen molar-refractivity contribution >= 4 is 11.9 Å². The molecule has 0 saturated carbocycles. The van der Waals surface area contributed by atoms with E-state index in [-0.39, 0.29) is 5.78 Å². The fourth-order valence-electron chi connectivity index (χ4n) is 1.35. The highest BCUT2D eigenvalue weighted by Gasteiger charge is 2.22. The van der Waals surface area contributed by atoms with Gasteiger partial charge < -0.3 is 10.1 Å². The number of rotatable bonds is 3. The Hall–Kier alpha value is -1.85. The Bertz CT molecular complexity index is 446. The van der Waals surface area contributed by atoms with E-state index in [1.165, 1.54) is 10.9 Å². The average molecular weight is 253 g/mol. The standard InChI is InChI=1S/C12H19N3O3/c1-8(14-11(17)18-12(2,3)4)10(16)9-6-13-15(5)7-9/h6-8H,1-5H3,(H,14,17)/t8-/m1/s1. The van der Waals surface area contributed by atoms with Crippen molar-refractivity contribution in [2.45, 2.75) is 39.3 Å². The Morgan fingerprint density at radius 2 is 2.06 bits per heavy atom. The summed E-state index contributed by atoms with van der Waals surface area (Å²) in [7, 11) is 1.72. The van der Waals surface area contributed by atoms with E-state index in [1.807, 2.05) is 0 Å². The van der Waals surface area contributed by atoms with Crippen LogP contribution in [-0.4, -0.2) is 33.3 Å². The number of ketones is 1. The topological polar surface area (TPSA) is 73.2 Å². The minimum Gasteiger partial charge on any atom is -0.444 e. The van der Waals surface area contributed by atoms with Crippen LogP contribution >= 0.6 is 0 Å². The third kappa shape index (κ3) is 4.20. The first-order chi connectivity index (χ1) is 8.19. The minimum atomic E-state index is -0.649. The van der Waals surface area contributed by atoms with E-state index >= 15 is 0 Å². The number of nitrogens with one attached hydrogen (secondary N) is 1. The number of nitrogens with zero attached hydrogens (tertiary/aromatic N) is 2. The molecule has 100 valence electrons. The average Bonchev–Trinajstić information content (AvgIpc) is 2.60. The maximum Gasteiger partial charge on any atom is 0.408 e. The largest absolute Gasteiger partial charge is 0.444 e. The quantitative estimate of drug-likeness (QED) is 0.829. The first-order valence-corrected chi connectivity index (χ1v) is 5.71. The molecule has 0 spiro atoms. The summed E-state index contributed by atoms with van der Waals surface area (Å²) in [6.45, 7) is 6.90. The molecule has 1 heterocycles. The first-order valence-electron chi connectivity index (χ1n) is 5.71. The van der Waals surface area contributed by atoms with Crippen molar-refractivity contribution in [2.75, 3.05) is 0 Å². The SMILES string of the molecule is C[C@@H](NC(=O)OC(C)(C)C)C(=O)c1cnn(C)c1. The van der Waals surface area contributed by atoms with Crippen LogP contribution in [0, 0.1) is 0 Å². The van der Waals surface area contributed by atoms with Gasteiger partial charge in [0.25, 0.3) is 0 Å². The molecule has 0 bridgehead atoms. The van der Waals surface area contributed by atoms with Gasteiger partial charge in [0.15, 0.2) is 5.78 Å². The molecule has 1 aromatic heterocycles. The van der Waals surface area contributed by atoms with E-state index in [0.717, 1.165) is 0 Å². The second-order valence-corrected chi connectivity index (χ2v) is 5.13. The number of hydrogen-bond donors (Lipinski definition) is 1. The summed E-state index contributed by atoms with van der Waals surface area (Å²) in [5.74, 6) is -0.200. The summed E-state index contributed by atoms with van der Waals surface area (Å²) in [4.78, 5) is 23.4. The van der Waals surface area contributed by atoms with Crippen LogP contribution in [0.4, 0.5) is 4.79 Å². The van der Waals surface area contributed by atoms with Crippen molar-refractivity contribution in [1.29, 1.82) is 0 Å². The summed E-state index contributed by atoms with van der Waals surface area (Å²) in [5, 5.41) is 6.41.